The van der Waals surface area contributed by atoms with Gasteiger partial charge >= 0.3 is 11.9 Å². The third-order valence-corrected chi connectivity index (χ3v) is 6.82. The summed E-state index contributed by atoms with van der Waals surface area (Å²) < 4.78 is 28.7. The average Bonchev–Trinajstić information content (AvgIpc) is 3.60. The molecule has 0 radical (unpaired) electrons. The smallest absolute Gasteiger partial charge is 0.341 e. The van der Waals surface area contributed by atoms with E-state index in [1.807, 2.05) is 0 Å². The van der Waals surface area contributed by atoms with Crippen LogP contribution in [0.5, 0.6) is 0 Å². The lowest BCUT2D eigenvalue weighted by Crippen LogP contribution is -2.36. The Hall–Kier alpha value is -1.90. The second-order valence-electron chi connectivity index (χ2n) is 8.94. The van der Waals surface area contributed by atoms with Gasteiger partial charge in [-0.25, -0.2) is 4.79 Å². The minimum atomic E-state index is -1.16. The Bertz CT molecular complexity index is 840. The number of aliphatic hydroxyl groups excluding tert-OH is 1. The molecule has 2 aliphatic carbocycles. The predicted octanol–water partition coefficient (Wildman–Crippen LogP) is 2.80. The highest BCUT2D eigenvalue weighted by molar-refractivity contribution is 5.84. The maximum atomic E-state index is 13.1. The van der Waals surface area contributed by atoms with Gasteiger partial charge in [-0.05, 0) is 51.0 Å². The number of hydrogen-bond acceptors (Lipinski definition) is 8. The first-order chi connectivity index (χ1) is 14.4. The third-order valence-electron chi connectivity index (χ3n) is 6.82. The van der Waals surface area contributed by atoms with Crippen LogP contribution in [0.4, 0.5) is 0 Å². The zero-order chi connectivity index (χ0) is 21.0. The highest BCUT2D eigenvalue weighted by Gasteiger charge is 2.68. The van der Waals surface area contributed by atoms with Gasteiger partial charge in [-0.15, -0.1) is 0 Å². The number of epoxide rings is 2. The van der Waals surface area contributed by atoms with Crippen LogP contribution in [0.2, 0.25) is 0 Å². The Balaban J connectivity index is 1.43. The maximum absolute atomic E-state index is 13.1. The van der Waals surface area contributed by atoms with E-state index in [1.54, 1.807) is 6.92 Å². The molecule has 1 aromatic heterocycles. The van der Waals surface area contributed by atoms with Gasteiger partial charge in [-0.2, -0.15) is 0 Å². The van der Waals surface area contributed by atoms with Crippen molar-refractivity contribution in [3.8, 4) is 0 Å². The van der Waals surface area contributed by atoms with E-state index in [0.717, 1.165) is 25.7 Å². The standard InChI is InChI=1S/C22H28O8/c1-11-10-26-18-15(11)16(24)20-22(30-20,21(25)28-13-6-4-3-5-7-13)9-8-14-17(29-14)19(18)27-12(2)23/h10,13-14,16-17,19-20,24H,3-9H2,1-2H3/t14?,16-,17+,19-,20?,22?/m1/s1. The van der Waals surface area contributed by atoms with Crippen molar-refractivity contribution in [1.82, 2.24) is 0 Å². The summed E-state index contributed by atoms with van der Waals surface area (Å²) in [6, 6.07) is 0. The molecule has 8 heteroatoms. The highest BCUT2D eigenvalue weighted by atomic mass is 16.7. The van der Waals surface area contributed by atoms with Crippen molar-refractivity contribution < 1.29 is 38.1 Å². The van der Waals surface area contributed by atoms with Crippen molar-refractivity contribution in [3.63, 3.8) is 0 Å². The minimum absolute atomic E-state index is 0.0810. The van der Waals surface area contributed by atoms with Crippen molar-refractivity contribution in [2.24, 2.45) is 0 Å². The molecule has 8 nitrogen and oxygen atoms in total. The van der Waals surface area contributed by atoms with E-state index in [1.165, 1.54) is 19.6 Å². The van der Waals surface area contributed by atoms with E-state index in [0.29, 0.717) is 29.7 Å². The van der Waals surface area contributed by atoms with Gasteiger partial charge in [0.05, 0.1) is 12.4 Å². The van der Waals surface area contributed by atoms with Gasteiger partial charge in [-0.1, -0.05) is 6.42 Å². The van der Waals surface area contributed by atoms with Gasteiger partial charge in [0.15, 0.2) is 17.5 Å². The molecule has 1 N–H and O–H groups in total. The molecule has 30 heavy (non-hydrogen) atoms. The number of carbonyl (C=O) groups is 2. The number of furan rings is 1. The lowest BCUT2D eigenvalue weighted by Gasteiger charge is -2.24. The first kappa shape index (κ1) is 20.0. The lowest BCUT2D eigenvalue weighted by molar-refractivity contribution is -0.157. The topological polar surface area (TPSA) is 111 Å². The fraction of sp³-hybridized carbons (Fsp3) is 0.727. The second-order valence-corrected chi connectivity index (χ2v) is 8.94. The second kappa shape index (κ2) is 7.35. The van der Waals surface area contributed by atoms with E-state index < -0.39 is 35.9 Å². The monoisotopic (exact) mass is 420 g/mol. The Morgan fingerprint density at radius 3 is 2.67 bits per heavy atom. The largest absolute Gasteiger partial charge is 0.465 e. The summed E-state index contributed by atoms with van der Waals surface area (Å²) in [5.41, 5.74) is 0.0371. The molecule has 0 amide bonds. The Labute approximate surface area is 174 Å². The number of hydrogen-bond donors (Lipinski definition) is 1. The van der Waals surface area contributed by atoms with Gasteiger partial charge < -0.3 is 28.5 Å². The number of carbonyl (C=O) groups excluding carboxylic acids is 2. The molecule has 2 saturated heterocycles. The van der Waals surface area contributed by atoms with Crippen molar-refractivity contribution >= 4 is 11.9 Å². The van der Waals surface area contributed by atoms with Crippen LogP contribution in [0.15, 0.2) is 10.7 Å². The van der Waals surface area contributed by atoms with Crippen molar-refractivity contribution in [1.29, 1.82) is 0 Å². The van der Waals surface area contributed by atoms with Gasteiger partial charge in [-0.3, -0.25) is 4.79 Å². The molecule has 2 aliphatic heterocycles. The molecule has 164 valence electrons. The molecule has 0 aromatic carbocycles. The molecule has 5 rings (SSSR count). The van der Waals surface area contributed by atoms with Crippen LogP contribution in [0.1, 0.15) is 81.0 Å². The molecule has 0 spiro atoms. The summed E-state index contributed by atoms with van der Waals surface area (Å²) in [5.74, 6) is -0.487. The summed E-state index contributed by atoms with van der Waals surface area (Å²) in [4.78, 5) is 24.8. The summed E-state index contributed by atoms with van der Waals surface area (Å²) >= 11 is 0. The molecule has 3 heterocycles. The molecule has 3 fully saturated rings. The molecular formula is C22H28O8. The van der Waals surface area contributed by atoms with Gasteiger partial charge in [0.1, 0.15) is 24.4 Å². The van der Waals surface area contributed by atoms with Crippen LogP contribution in [-0.2, 0) is 28.5 Å². The molecular weight excluding hydrogens is 392 g/mol. The quantitative estimate of drug-likeness (QED) is 0.587. The predicted molar refractivity (Wildman–Crippen MR) is 101 cm³/mol. The van der Waals surface area contributed by atoms with Gasteiger partial charge in [0.2, 0.25) is 0 Å². The number of aryl methyl sites for hydroxylation is 1. The maximum Gasteiger partial charge on any atom is 0.341 e. The number of ether oxygens (including phenoxy) is 4. The Morgan fingerprint density at radius 2 is 1.93 bits per heavy atom. The normalized spacial score (nSPS) is 37.9. The van der Waals surface area contributed by atoms with Crippen LogP contribution >= 0.6 is 0 Å². The summed E-state index contributed by atoms with van der Waals surface area (Å²) in [6.07, 6.45) is 4.32. The summed E-state index contributed by atoms with van der Waals surface area (Å²) in [5, 5.41) is 11.2. The molecule has 6 atom stereocenters. The lowest BCUT2D eigenvalue weighted by atomic mass is 9.87. The zero-order valence-corrected chi connectivity index (χ0v) is 17.3. The van der Waals surface area contributed by atoms with Crippen molar-refractivity contribution in [3.05, 3.63) is 23.2 Å². The van der Waals surface area contributed by atoms with E-state index in [9.17, 15) is 14.7 Å². The first-order valence-corrected chi connectivity index (χ1v) is 10.9. The van der Waals surface area contributed by atoms with Gasteiger partial charge in [0, 0.05) is 12.5 Å². The third kappa shape index (κ3) is 3.35. The van der Waals surface area contributed by atoms with Gasteiger partial charge in [0.25, 0.3) is 0 Å². The fourth-order valence-electron chi connectivity index (χ4n) is 5.10. The fourth-order valence-corrected chi connectivity index (χ4v) is 5.10. The number of aliphatic hydroxyl groups is 1. The molecule has 3 unspecified atom stereocenters. The molecule has 0 bridgehead atoms. The highest BCUT2D eigenvalue weighted by Crippen LogP contribution is 2.54. The van der Waals surface area contributed by atoms with E-state index in [-0.39, 0.29) is 18.3 Å². The first-order valence-electron chi connectivity index (χ1n) is 10.9. The molecule has 1 saturated carbocycles. The minimum Gasteiger partial charge on any atom is -0.465 e. The summed E-state index contributed by atoms with van der Waals surface area (Å²) in [7, 11) is 0. The van der Waals surface area contributed by atoms with Crippen LogP contribution in [0, 0.1) is 6.92 Å². The van der Waals surface area contributed by atoms with Crippen LogP contribution in [0.25, 0.3) is 0 Å². The van der Waals surface area contributed by atoms with E-state index >= 15 is 0 Å². The Morgan fingerprint density at radius 1 is 1.17 bits per heavy atom. The van der Waals surface area contributed by atoms with Crippen LogP contribution in [-0.4, -0.2) is 47.1 Å². The van der Waals surface area contributed by atoms with Crippen molar-refractivity contribution in [2.45, 2.75) is 101 Å². The molecule has 1 aromatic rings. The average molecular weight is 420 g/mol. The van der Waals surface area contributed by atoms with Crippen LogP contribution < -0.4 is 0 Å². The zero-order valence-electron chi connectivity index (χ0n) is 17.3. The van der Waals surface area contributed by atoms with Crippen molar-refractivity contribution in [2.75, 3.05) is 0 Å². The Kier molecular flexibility index (Phi) is 4.91. The molecule has 4 aliphatic rings. The summed E-state index contributed by atoms with van der Waals surface area (Å²) in [6.45, 7) is 3.14. The van der Waals surface area contributed by atoms with E-state index in [2.05, 4.69) is 0 Å². The number of fused-ring (bicyclic) bond motifs is 3. The van der Waals surface area contributed by atoms with E-state index in [4.69, 9.17) is 23.4 Å². The SMILES string of the molecule is CC(=O)O[C@H]1c2occ(C)c2[C@@H](O)C2OC2(C(=O)OC2CCCCC2)CCC2O[C@@H]21. The van der Waals surface area contributed by atoms with Crippen LogP contribution in [0.3, 0.4) is 0 Å². The number of esters is 2. The number of rotatable bonds is 3.